The van der Waals surface area contributed by atoms with Crippen LogP contribution in [-0.2, 0) is 4.74 Å². The molecule has 0 N–H and O–H groups in total. The van der Waals surface area contributed by atoms with Gasteiger partial charge in [-0.2, -0.15) is 0 Å². The molecule has 4 aromatic rings. The number of rotatable bonds is 3. The smallest absolute Gasteiger partial charge is 0.338 e. The molecule has 1 aliphatic rings. The van der Waals surface area contributed by atoms with E-state index in [1.165, 1.54) is 0 Å². The zero-order valence-corrected chi connectivity index (χ0v) is 17.6. The Kier molecular flexibility index (Phi) is 4.60. The van der Waals surface area contributed by atoms with E-state index in [0.29, 0.717) is 10.6 Å². The van der Waals surface area contributed by atoms with Crippen molar-refractivity contribution in [3.05, 3.63) is 106 Å². The van der Waals surface area contributed by atoms with Crippen molar-refractivity contribution in [2.24, 2.45) is 0 Å². The summed E-state index contributed by atoms with van der Waals surface area (Å²) in [5.74, 6) is -0.436. The topological polar surface area (TPSA) is 26.3 Å². The van der Waals surface area contributed by atoms with Crippen LogP contribution in [0.15, 0.2) is 78.9 Å². The minimum atomic E-state index is -0.302. The van der Waals surface area contributed by atoms with Gasteiger partial charge in [-0.25, -0.2) is 4.79 Å². The van der Waals surface area contributed by atoms with Crippen molar-refractivity contribution < 1.29 is 9.53 Å². The highest BCUT2D eigenvalue weighted by Crippen LogP contribution is 2.52. The maximum Gasteiger partial charge on any atom is 0.338 e. The van der Waals surface area contributed by atoms with Gasteiger partial charge in [-0.3, -0.25) is 0 Å². The first-order valence-electron chi connectivity index (χ1n) is 10.2. The molecule has 30 heavy (non-hydrogen) atoms. The van der Waals surface area contributed by atoms with Gasteiger partial charge in [0.1, 0.15) is 0 Å². The Labute approximate surface area is 181 Å². The summed E-state index contributed by atoms with van der Waals surface area (Å²) < 4.78 is 5.62. The third-order valence-electron chi connectivity index (χ3n) is 5.73. The summed E-state index contributed by atoms with van der Waals surface area (Å²) in [5.41, 5.74) is 6.05. The average molecular weight is 413 g/mol. The van der Waals surface area contributed by atoms with Gasteiger partial charge in [0.25, 0.3) is 0 Å². The Bertz CT molecular complexity index is 1290. The first-order chi connectivity index (χ1) is 14.6. The molecule has 0 saturated carbocycles. The molecular weight excluding hydrogens is 392 g/mol. The molecule has 0 bridgehead atoms. The molecule has 0 spiro atoms. The van der Waals surface area contributed by atoms with Crippen molar-refractivity contribution in [2.75, 3.05) is 0 Å². The van der Waals surface area contributed by atoms with Crippen molar-refractivity contribution in [3.8, 4) is 11.1 Å². The molecule has 4 aromatic carbocycles. The van der Waals surface area contributed by atoms with E-state index in [1.54, 1.807) is 0 Å². The Morgan fingerprint density at radius 2 is 1.57 bits per heavy atom. The van der Waals surface area contributed by atoms with E-state index in [9.17, 15) is 4.79 Å². The predicted molar refractivity (Wildman–Crippen MR) is 122 cm³/mol. The van der Waals surface area contributed by atoms with Crippen molar-refractivity contribution in [1.29, 1.82) is 0 Å². The monoisotopic (exact) mass is 412 g/mol. The van der Waals surface area contributed by atoms with Crippen LogP contribution in [0.3, 0.4) is 0 Å². The molecule has 5 rings (SSSR count). The molecule has 1 atom stereocenters. The highest BCUT2D eigenvalue weighted by Gasteiger charge is 2.35. The van der Waals surface area contributed by atoms with Gasteiger partial charge in [-0.15, -0.1) is 0 Å². The number of esters is 1. The number of hydrogen-bond donors (Lipinski definition) is 0. The Morgan fingerprint density at radius 1 is 0.833 bits per heavy atom. The van der Waals surface area contributed by atoms with Gasteiger partial charge >= 0.3 is 5.97 Å². The second-order valence-corrected chi connectivity index (χ2v) is 8.33. The number of carbonyl (C=O) groups is 1. The van der Waals surface area contributed by atoms with Crippen molar-refractivity contribution in [3.63, 3.8) is 0 Å². The van der Waals surface area contributed by atoms with Crippen LogP contribution in [0, 0.1) is 0 Å². The van der Waals surface area contributed by atoms with Crippen LogP contribution in [-0.4, -0.2) is 12.1 Å². The summed E-state index contributed by atoms with van der Waals surface area (Å²) in [6.07, 6.45) is -0.191. The zero-order valence-electron chi connectivity index (χ0n) is 16.9. The van der Waals surface area contributed by atoms with Crippen LogP contribution in [0.2, 0.25) is 5.02 Å². The molecule has 0 aromatic heterocycles. The summed E-state index contributed by atoms with van der Waals surface area (Å²) >= 11 is 6.76. The van der Waals surface area contributed by atoms with Gasteiger partial charge in [0.15, 0.2) is 0 Å². The Hall–Kier alpha value is -3.10. The SMILES string of the molecule is CC(C)OC(=O)c1ccc2ccccc2c1[C@@H]1c2ccccc2-c2cccc(Cl)c21. The first kappa shape index (κ1) is 18.9. The maximum atomic E-state index is 13.1. The van der Waals surface area contributed by atoms with Gasteiger partial charge < -0.3 is 4.74 Å². The van der Waals surface area contributed by atoms with Crippen LogP contribution in [0.1, 0.15) is 46.8 Å². The predicted octanol–water partition coefficient (Wildman–Crippen LogP) is 7.22. The van der Waals surface area contributed by atoms with Crippen molar-refractivity contribution in [1.82, 2.24) is 0 Å². The largest absolute Gasteiger partial charge is 0.459 e. The molecule has 148 valence electrons. The maximum absolute atomic E-state index is 13.1. The van der Waals surface area contributed by atoms with Crippen molar-refractivity contribution >= 4 is 28.3 Å². The summed E-state index contributed by atoms with van der Waals surface area (Å²) in [7, 11) is 0. The fraction of sp³-hybridized carbons (Fsp3) is 0.148. The number of halogens is 1. The van der Waals surface area contributed by atoms with Crippen LogP contribution >= 0.6 is 11.6 Å². The fourth-order valence-electron chi connectivity index (χ4n) is 4.58. The summed E-state index contributed by atoms with van der Waals surface area (Å²) in [5, 5.41) is 2.85. The molecule has 0 unspecified atom stereocenters. The number of ether oxygens (including phenoxy) is 1. The van der Waals surface area contributed by atoms with E-state index in [0.717, 1.165) is 38.6 Å². The van der Waals surface area contributed by atoms with E-state index in [4.69, 9.17) is 16.3 Å². The molecular formula is C27H21ClO2. The zero-order chi connectivity index (χ0) is 20.8. The quantitative estimate of drug-likeness (QED) is 0.292. The average Bonchev–Trinajstić information content (AvgIpc) is 3.08. The van der Waals surface area contributed by atoms with E-state index >= 15 is 0 Å². The number of benzene rings is 4. The minimum absolute atomic E-state index is 0.134. The fourth-order valence-corrected chi connectivity index (χ4v) is 4.86. The second-order valence-electron chi connectivity index (χ2n) is 7.92. The molecule has 1 aliphatic carbocycles. The minimum Gasteiger partial charge on any atom is -0.459 e. The van der Waals surface area contributed by atoms with Gasteiger partial charge in [0.05, 0.1) is 11.7 Å². The van der Waals surface area contributed by atoms with Crippen LogP contribution in [0.25, 0.3) is 21.9 Å². The molecule has 2 nitrogen and oxygen atoms in total. The van der Waals surface area contributed by atoms with Gasteiger partial charge in [-0.1, -0.05) is 78.3 Å². The molecule has 0 radical (unpaired) electrons. The first-order valence-corrected chi connectivity index (χ1v) is 10.5. The second kappa shape index (κ2) is 7.30. The van der Waals surface area contributed by atoms with Gasteiger partial charge in [0, 0.05) is 10.9 Å². The normalized spacial score (nSPS) is 14.6. The van der Waals surface area contributed by atoms with E-state index < -0.39 is 0 Å². The summed E-state index contributed by atoms with van der Waals surface area (Å²) in [4.78, 5) is 13.1. The molecule has 0 aliphatic heterocycles. The Balaban J connectivity index is 1.87. The Morgan fingerprint density at radius 3 is 2.40 bits per heavy atom. The standard InChI is InChI=1S/C27H21ClO2/c1-16(2)30-27(29)22-15-14-17-8-3-4-9-18(17)24(22)26-21-11-6-5-10-19(21)20-12-7-13-23(28)25(20)26/h3-16,26H,1-2H3/t26-/m0/s1. The lowest BCUT2D eigenvalue weighted by atomic mass is 9.83. The van der Waals surface area contributed by atoms with E-state index in [1.807, 2.05) is 62.4 Å². The number of carbonyl (C=O) groups excluding carboxylic acids is 1. The lowest BCUT2D eigenvalue weighted by Gasteiger charge is -2.22. The van der Waals surface area contributed by atoms with Gasteiger partial charge in [0.2, 0.25) is 0 Å². The molecule has 0 heterocycles. The molecule has 3 heteroatoms. The van der Waals surface area contributed by atoms with Crippen LogP contribution in [0.4, 0.5) is 0 Å². The van der Waals surface area contributed by atoms with Crippen molar-refractivity contribution in [2.45, 2.75) is 25.9 Å². The molecule has 0 fully saturated rings. The number of hydrogen-bond acceptors (Lipinski definition) is 2. The lowest BCUT2D eigenvalue weighted by Crippen LogP contribution is -2.16. The van der Waals surface area contributed by atoms with E-state index in [2.05, 4.69) is 30.3 Å². The van der Waals surface area contributed by atoms with Crippen LogP contribution in [0.5, 0.6) is 0 Å². The van der Waals surface area contributed by atoms with E-state index in [-0.39, 0.29) is 18.0 Å². The highest BCUT2D eigenvalue weighted by molar-refractivity contribution is 6.32. The third kappa shape index (κ3) is 2.91. The summed E-state index contributed by atoms with van der Waals surface area (Å²) in [6, 6.07) is 26.4. The lowest BCUT2D eigenvalue weighted by molar-refractivity contribution is 0.0376. The number of fused-ring (bicyclic) bond motifs is 4. The molecule has 0 amide bonds. The van der Waals surface area contributed by atoms with Crippen LogP contribution < -0.4 is 0 Å². The summed E-state index contributed by atoms with van der Waals surface area (Å²) in [6.45, 7) is 3.74. The third-order valence-corrected chi connectivity index (χ3v) is 6.06. The molecule has 0 saturated heterocycles. The van der Waals surface area contributed by atoms with Gasteiger partial charge in [-0.05, 0) is 64.6 Å². The highest BCUT2D eigenvalue weighted by atomic mass is 35.5.